The second kappa shape index (κ2) is 6.38. The zero-order valence-electron chi connectivity index (χ0n) is 15.4. The van der Waals surface area contributed by atoms with E-state index in [1.807, 2.05) is 18.3 Å². The van der Waals surface area contributed by atoms with Gasteiger partial charge in [-0.15, -0.1) is 0 Å². The third-order valence-corrected chi connectivity index (χ3v) is 5.98. The molecule has 2 unspecified atom stereocenters. The molecule has 2 aromatic carbocycles. The molecule has 2 heteroatoms. The van der Waals surface area contributed by atoms with Gasteiger partial charge in [0.25, 0.3) is 0 Å². The molecule has 2 aliphatic carbocycles. The number of fused-ring (bicyclic) bond motifs is 5. The van der Waals surface area contributed by atoms with Crippen LogP contribution in [0.3, 0.4) is 0 Å². The minimum absolute atomic E-state index is 0.156. The van der Waals surface area contributed by atoms with Gasteiger partial charge in [-0.3, -0.25) is 0 Å². The Hall–Kier alpha value is -2.87. The van der Waals surface area contributed by atoms with Gasteiger partial charge >= 0.3 is 0 Å². The monoisotopic (exact) mass is 355 g/mol. The molecule has 0 fully saturated rings. The zero-order chi connectivity index (χ0) is 18.4. The fourth-order valence-corrected chi connectivity index (χ4v) is 4.70. The van der Waals surface area contributed by atoms with Crippen LogP contribution >= 0.6 is 0 Å². The van der Waals surface area contributed by atoms with E-state index in [9.17, 15) is 4.39 Å². The summed E-state index contributed by atoms with van der Waals surface area (Å²) in [6.07, 6.45) is 16.9. The van der Waals surface area contributed by atoms with Crippen molar-refractivity contribution in [2.45, 2.75) is 25.7 Å². The molecule has 2 aromatic rings. The molecular formula is C25H22FN. The topological polar surface area (TPSA) is 12.0 Å². The lowest BCUT2D eigenvalue weighted by Gasteiger charge is -2.31. The summed E-state index contributed by atoms with van der Waals surface area (Å²) in [7, 11) is 0. The van der Waals surface area contributed by atoms with E-state index >= 15 is 0 Å². The number of benzene rings is 2. The summed E-state index contributed by atoms with van der Waals surface area (Å²) in [5, 5.41) is 6.14. The molecule has 0 aromatic heterocycles. The first kappa shape index (κ1) is 16.3. The Labute approximate surface area is 158 Å². The molecule has 5 rings (SSSR count). The van der Waals surface area contributed by atoms with Crippen LogP contribution in [0.5, 0.6) is 0 Å². The molecule has 0 saturated carbocycles. The summed E-state index contributed by atoms with van der Waals surface area (Å²) in [6, 6.07) is 9.67. The van der Waals surface area contributed by atoms with Crippen LogP contribution in [0.1, 0.15) is 30.4 Å². The summed E-state index contributed by atoms with van der Waals surface area (Å²) in [4.78, 5) is 0. The molecule has 1 heterocycles. The van der Waals surface area contributed by atoms with E-state index in [0.717, 1.165) is 24.0 Å². The lowest BCUT2D eigenvalue weighted by Crippen LogP contribution is -2.38. The number of hydrogen-bond acceptors (Lipinski definition) is 1. The van der Waals surface area contributed by atoms with E-state index in [2.05, 4.69) is 54.8 Å². The molecule has 0 saturated heterocycles. The number of allylic oxidation sites excluding steroid dienone is 5. The van der Waals surface area contributed by atoms with Crippen molar-refractivity contribution in [2.24, 2.45) is 5.92 Å². The quantitative estimate of drug-likeness (QED) is 0.805. The molecular weight excluding hydrogens is 333 g/mol. The molecule has 0 amide bonds. The molecule has 27 heavy (non-hydrogen) atoms. The molecule has 0 radical (unpaired) electrons. The van der Waals surface area contributed by atoms with Crippen molar-refractivity contribution in [3.8, 4) is 11.1 Å². The molecule has 0 spiro atoms. The summed E-state index contributed by atoms with van der Waals surface area (Å²) >= 11 is 0. The standard InChI is InChI=1S/C25H22FN/c1-16-6-9-22-21-10-7-17-15-18(26)8-11-19(17)20(21)12-13-23(22)25(16)24-5-3-2-4-14-27-24/h2-5,8-16,25,27H,6-7H2,1H3. The van der Waals surface area contributed by atoms with Gasteiger partial charge in [-0.25, -0.2) is 4.39 Å². The highest BCUT2D eigenvalue weighted by molar-refractivity contribution is 5.74. The van der Waals surface area contributed by atoms with Crippen LogP contribution in [0.2, 0.25) is 0 Å². The van der Waals surface area contributed by atoms with E-state index in [1.54, 1.807) is 12.1 Å². The van der Waals surface area contributed by atoms with Gasteiger partial charge in [-0.2, -0.15) is 0 Å². The largest absolute Gasteiger partial charge is 0.364 e. The average Bonchev–Trinajstić information content (AvgIpc) is 2.96. The van der Waals surface area contributed by atoms with Crippen LogP contribution < -0.4 is 15.8 Å². The van der Waals surface area contributed by atoms with E-state index in [1.165, 1.54) is 27.3 Å². The second-order valence-electron chi connectivity index (χ2n) is 7.64. The van der Waals surface area contributed by atoms with E-state index in [4.69, 9.17) is 0 Å². The Balaban J connectivity index is 1.69. The molecule has 1 nitrogen and oxygen atoms in total. The highest BCUT2D eigenvalue weighted by Gasteiger charge is 2.27. The SMILES string of the molecule is CC1CC=c2c(ccc3c2=CCc2cc(F)ccc2-3)C1C1=CC=CC=CN1. The third-order valence-electron chi connectivity index (χ3n) is 5.98. The minimum Gasteiger partial charge on any atom is -0.364 e. The van der Waals surface area contributed by atoms with Crippen molar-refractivity contribution in [2.75, 3.05) is 0 Å². The van der Waals surface area contributed by atoms with Crippen LogP contribution in [-0.2, 0) is 6.42 Å². The van der Waals surface area contributed by atoms with Gasteiger partial charge in [0.2, 0.25) is 0 Å². The van der Waals surface area contributed by atoms with Gasteiger partial charge in [0.05, 0.1) is 0 Å². The molecule has 0 bridgehead atoms. The van der Waals surface area contributed by atoms with E-state index in [-0.39, 0.29) is 5.82 Å². The minimum atomic E-state index is -0.156. The molecule has 2 atom stereocenters. The van der Waals surface area contributed by atoms with E-state index < -0.39 is 0 Å². The number of nitrogens with one attached hydrogen (secondary N) is 1. The number of rotatable bonds is 1. The Morgan fingerprint density at radius 1 is 0.963 bits per heavy atom. The van der Waals surface area contributed by atoms with Gasteiger partial charge in [-0.1, -0.05) is 49.4 Å². The fourth-order valence-electron chi connectivity index (χ4n) is 4.70. The van der Waals surface area contributed by atoms with Crippen LogP contribution in [-0.4, -0.2) is 0 Å². The first-order valence-electron chi connectivity index (χ1n) is 9.64. The van der Waals surface area contributed by atoms with Gasteiger partial charge < -0.3 is 5.32 Å². The van der Waals surface area contributed by atoms with Crippen LogP contribution in [0.4, 0.5) is 4.39 Å². The van der Waals surface area contributed by atoms with Gasteiger partial charge in [0.15, 0.2) is 0 Å². The Morgan fingerprint density at radius 2 is 1.85 bits per heavy atom. The first-order chi connectivity index (χ1) is 13.2. The summed E-state index contributed by atoms with van der Waals surface area (Å²) < 4.78 is 13.6. The van der Waals surface area contributed by atoms with Crippen molar-refractivity contribution in [1.82, 2.24) is 5.32 Å². The summed E-state index contributed by atoms with van der Waals surface area (Å²) in [5.74, 6) is 0.737. The van der Waals surface area contributed by atoms with Gasteiger partial charge in [0.1, 0.15) is 5.82 Å². The van der Waals surface area contributed by atoms with E-state index in [0.29, 0.717) is 11.8 Å². The maximum absolute atomic E-state index is 13.6. The molecule has 1 aliphatic heterocycles. The fraction of sp³-hybridized carbons (Fsp3) is 0.200. The lowest BCUT2D eigenvalue weighted by atomic mass is 9.76. The van der Waals surface area contributed by atoms with Gasteiger partial charge in [0, 0.05) is 17.8 Å². The normalized spacial score (nSPS) is 22.2. The van der Waals surface area contributed by atoms with Crippen LogP contribution in [0, 0.1) is 11.7 Å². The Kier molecular flexibility index (Phi) is 3.86. The Bertz CT molecular complexity index is 1130. The predicted molar refractivity (Wildman–Crippen MR) is 110 cm³/mol. The van der Waals surface area contributed by atoms with Gasteiger partial charge in [-0.05, 0) is 75.7 Å². The van der Waals surface area contributed by atoms with Crippen molar-refractivity contribution in [1.29, 1.82) is 0 Å². The summed E-state index contributed by atoms with van der Waals surface area (Å²) in [5.41, 5.74) is 6.10. The highest BCUT2D eigenvalue weighted by atomic mass is 19.1. The third kappa shape index (κ3) is 2.68. The highest BCUT2D eigenvalue weighted by Crippen LogP contribution is 2.35. The zero-order valence-corrected chi connectivity index (χ0v) is 15.4. The maximum atomic E-state index is 13.6. The second-order valence-corrected chi connectivity index (χ2v) is 7.64. The summed E-state index contributed by atoms with van der Waals surface area (Å²) in [6.45, 7) is 2.33. The number of hydrogen-bond donors (Lipinski definition) is 1. The van der Waals surface area contributed by atoms with Crippen LogP contribution in [0.15, 0.2) is 66.5 Å². The van der Waals surface area contributed by atoms with Crippen LogP contribution in [0.25, 0.3) is 23.3 Å². The van der Waals surface area contributed by atoms with Crippen molar-refractivity contribution >= 4 is 12.2 Å². The predicted octanol–water partition coefficient (Wildman–Crippen LogP) is 4.29. The van der Waals surface area contributed by atoms with Crippen molar-refractivity contribution in [3.05, 3.63) is 93.9 Å². The Morgan fingerprint density at radius 3 is 2.78 bits per heavy atom. The molecule has 3 aliphatic rings. The lowest BCUT2D eigenvalue weighted by molar-refractivity contribution is 0.496. The first-order valence-corrected chi connectivity index (χ1v) is 9.64. The molecule has 134 valence electrons. The average molecular weight is 355 g/mol. The van der Waals surface area contributed by atoms with Crippen molar-refractivity contribution in [3.63, 3.8) is 0 Å². The maximum Gasteiger partial charge on any atom is 0.123 e. The number of halogens is 1. The smallest absolute Gasteiger partial charge is 0.123 e. The molecule has 1 N–H and O–H groups in total. The van der Waals surface area contributed by atoms with Crippen molar-refractivity contribution < 1.29 is 4.39 Å².